The summed E-state index contributed by atoms with van der Waals surface area (Å²) in [6, 6.07) is 4.58. The quantitative estimate of drug-likeness (QED) is 0.913. The van der Waals surface area contributed by atoms with Crippen molar-refractivity contribution in [1.82, 2.24) is 5.32 Å². The SMILES string of the molecule is Clc1cc2c(c(CNC3CCOCC3)c1)OCC2. The molecule has 0 atom stereocenters. The largest absolute Gasteiger partial charge is 0.493 e. The molecule has 0 radical (unpaired) electrons. The summed E-state index contributed by atoms with van der Waals surface area (Å²) in [5.74, 6) is 1.04. The number of hydrogen-bond acceptors (Lipinski definition) is 3. The molecule has 1 N–H and O–H groups in total. The molecule has 18 heavy (non-hydrogen) atoms. The zero-order valence-electron chi connectivity index (χ0n) is 10.4. The highest BCUT2D eigenvalue weighted by Crippen LogP contribution is 2.32. The number of rotatable bonds is 3. The van der Waals surface area contributed by atoms with Crippen molar-refractivity contribution in [3.05, 3.63) is 28.3 Å². The molecule has 0 bridgehead atoms. The highest BCUT2D eigenvalue weighted by Gasteiger charge is 2.19. The molecule has 0 aromatic heterocycles. The molecule has 1 aromatic rings. The van der Waals surface area contributed by atoms with Crippen molar-refractivity contribution in [3.63, 3.8) is 0 Å². The fourth-order valence-corrected chi connectivity index (χ4v) is 2.90. The summed E-state index contributed by atoms with van der Waals surface area (Å²) >= 11 is 6.15. The smallest absolute Gasteiger partial charge is 0.127 e. The Balaban J connectivity index is 1.68. The van der Waals surface area contributed by atoms with E-state index in [1.54, 1.807) is 0 Å². The van der Waals surface area contributed by atoms with Gasteiger partial charge in [0.05, 0.1) is 6.61 Å². The summed E-state index contributed by atoms with van der Waals surface area (Å²) in [7, 11) is 0. The van der Waals surface area contributed by atoms with Crippen molar-refractivity contribution < 1.29 is 9.47 Å². The van der Waals surface area contributed by atoms with Gasteiger partial charge < -0.3 is 14.8 Å². The molecule has 3 rings (SSSR count). The van der Waals surface area contributed by atoms with Crippen molar-refractivity contribution in [2.45, 2.75) is 31.8 Å². The van der Waals surface area contributed by atoms with Gasteiger partial charge in [0.15, 0.2) is 0 Å². The standard InChI is InChI=1S/C14H18ClNO2/c15-12-7-10-1-6-18-14(10)11(8-12)9-16-13-2-4-17-5-3-13/h7-8,13,16H,1-6,9H2. The van der Waals surface area contributed by atoms with Crippen molar-refractivity contribution in [2.75, 3.05) is 19.8 Å². The third-order valence-electron chi connectivity index (χ3n) is 3.63. The molecule has 3 nitrogen and oxygen atoms in total. The fraction of sp³-hybridized carbons (Fsp3) is 0.571. The van der Waals surface area contributed by atoms with Crippen LogP contribution >= 0.6 is 11.6 Å². The number of fused-ring (bicyclic) bond motifs is 1. The van der Waals surface area contributed by atoms with Crippen LogP contribution in [0.15, 0.2) is 12.1 Å². The Kier molecular flexibility index (Phi) is 3.73. The molecule has 0 amide bonds. The topological polar surface area (TPSA) is 30.5 Å². The molecular formula is C14H18ClNO2. The highest BCUT2D eigenvalue weighted by molar-refractivity contribution is 6.30. The first-order chi connectivity index (χ1) is 8.83. The van der Waals surface area contributed by atoms with Crippen LogP contribution in [0.2, 0.25) is 5.02 Å². The molecule has 2 aliphatic heterocycles. The Morgan fingerprint density at radius 1 is 1.22 bits per heavy atom. The van der Waals surface area contributed by atoms with E-state index in [1.807, 2.05) is 12.1 Å². The molecule has 2 heterocycles. The molecule has 2 aliphatic rings. The first-order valence-corrected chi connectivity index (χ1v) is 6.96. The van der Waals surface area contributed by atoms with Crippen molar-refractivity contribution >= 4 is 11.6 Å². The minimum absolute atomic E-state index is 0.551. The third-order valence-corrected chi connectivity index (χ3v) is 3.85. The van der Waals surface area contributed by atoms with Crippen LogP contribution in [0.1, 0.15) is 24.0 Å². The Labute approximate surface area is 112 Å². The molecule has 98 valence electrons. The summed E-state index contributed by atoms with van der Waals surface area (Å²) < 4.78 is 11.1. The Morgan fingerprint density at radius 3 is 2.89 bits per heavy atom. The summed E-state index contributed by atoms with van der Waals surface area (Å²) in [5, 5.41) is 4.38. The molecular weight excluding hydrogens is 250 g/mol. The van der Waals surface area contributed by atoms with Crippen molar-refractivity contribution in [2.24, 2.45) is 0 Å². The molecule has 0 unspecified atom stereocenters. The van der Waals surface area contributed by atoms with Crippen molar-refractivity contribution in [1.29, 1.82) is 0 Å². The second-order valence-electron chi connectivity index (χ2n) is 4.92. The van der Waals surface area contributed by atoms with Gasteiger partial charge in [-0.3, -0.25) is 0 Å². The van der Waals surface area contributed by atoms with Crippen molar-refractivity contribution in [3.8, 4) is 5.75 Å². The second kappa shape index (κ2) is 5.47. The molecule has 1 fully saturated rings. The molecule has 1 saturated heterocycles. The van der Waals surface area contributed by atoms with Crippen LogP contribution in [0.4, 0.5) is 0 Å². The maximum atomic E-state index is 6.15. The Bertz CT molecular complexity index is 430. The molecule has 0 aliphatic carbocycles. The van der Waals surface area contributed by atoms with Crippen LogP contribution < -0.4 is 10.1 Å². The first kappa shape index (κ1) is 12.3. The average Bonchev–Trinajstić information content (AvgIpc) is 2.85. The van der Waals surface area contributed by atoms with E-state index in [0.717, 1.165) is 56.4 Å². The summed E-state index contributed by atoms with van der Waals surface area (Å²) in [5.41, 5.74) is 2.42. The van der Waals surface area contributed by atoms with E-state index in [4.69, 9.17) is 21.1 Å². The maximum Gasteiger partial charge on any atom is 0.127 e. The van der Waals surface area contributed by atoms with Crippen LogP contribution in [-0.4, -0.2) is 25.9 Å². The zero-order valence-corrected chi connectivity index (χ0v) is 11.1. The summed E-state index contributed by atoms with van der Waals surface area (Å²) in [4.78, 5) is 0. The van der Waals surface area contributed by atoms with Gasteiger partial charge in [-0.1, -0.05) is 11.6 Å². The third kappa shape index (κ3) is 2.63. The lowest BCUT2D eigenvalue weighted by molar-refractivity contribution is 0.0775. The van der Waals surface area contributed by atoms with E-state index < -0.39 is 0 Å². The van der Waals surface area contributed by atoms with Crippen LogP contribution in [0.5, 0.6) is 5.75 Å². The number of nitrogens with one attached hydrogen (secondary N) is 1. The average molecular weight is 268 g/mol. The van der Waals surface area contributed by atoms with Crippen LogP contribution in [-0.2, 0) is 17.7 Å². The second-order valence-corrected chi connectivity index (χ2v) is 5.36. The van der Waals surface area contributed by atoms with E-state index in [9.17, 15) is 0 Å². The first-order valence-electron chi connectivity index (χ1n) is 6.58. The normalized spacial score (nSPS) is 19.6. The monoisotopic (exact) mass is 267 g/mol. The van der Waals surface area contributed by atoms with Gasteiger partial charge in [-0.25, -0.2) is 0 Å². The zero-order chi connectivity index (χ0) is 12.4. The van der Waals surface area contributed by atoms with E-state index in [2.05, 4.69) is 5.32 Å². The minimum Gasteiger partial charge on any atom is -0.493 e. The van der Waals surface area contributed by atoms with Crippen LogP contribution in [0.25, 0.3) is 0 Å². The number of halogens is 1. The van der Waals surface area contributed by atoms with Gasteiger partial charge in [-0.2, -0.15) is 0 Å². The van der Waals surface area contributed by atoms with Crippen LogP contribution in [0, 0.1) is 0 Å². The van der Waals surface area contributed by atoms with Gasteiger partial charge in [0.1, 0.15) is 5.75 Å². The van der Waals surface area contributed by atoms with Gasteiger partial charge in [-0.05, 0) is 30.5 Å². The van der Waals surface area contributed by atoms with Gasteiger partial charge in [0.2, 0.25) is 0 Å². The van der Waals surface area contributed by atoms with Crippen LogP contribution in [0.3, 0.4) is 0 Å². The predicted molar refractivity (Wildman–Crippen MR) is 71.3 cm³/mol. The predicted octanol–water partition coefficient (Wildman–Crippen LogP) is 2.54. The number of ether oxygens (including phenoxy) is 2. The lowest BCUT2D eigenvalue weighted by Gasteiger charge is -2.23. The molecule has 4 heteroatoms. The maximum absolute atomic E-state index is 6.15. The lowest BCUT2D eigenvalue weighted by atomic mass is 10.1. The lowest BCUT2D eigenvalue weighted by Crippen LogP contribution is -2.34. The summed E-state index contributed by atoms with van der Waals surface area (Å²) in [6.07, 6.45) is 3.15. The van der Waals surface area contributed by atoms with Gasteiger partial charge >= 0.3 is 0 Å². The Morgan fingerprint density at radius 2 is 2.06 bits per heavy atom. The summed E-state index contributed by atoms with van der Waals surface area (Å²) in [6.45, 7) is 3.33. The Hall–Kier alpha value is -0.770. The number of hydrogen-bond donors (Lipinski definition) is 1. The van der Waals surface area contributed by atoms with Gasteiger partial charge in [0, 0.05) is 42.8 Å². The van der Waals surface area contributed by atoms with Gasteiger partial charge in [-0.15, -0.1) is 0 Å². The molecule has 1 aromatic carbocycles. The fourth-order valence-electron chi connectivity index (χ4n) is 2.63. The van der Waals surface area contributed by atoms with E-state index in [-0.39, 0.29) is 0 Å². The number of benzene rings is 1. The van der Waals surface area contributed by atoms with Gasteiger partial charge in [0.25, 0.3) is 0 Å². The minimum atomic E-state index is 0.551. The molecule has 0 saturated carbocycles. The highest BCUT2D eigenvalue weighted by atomic mass is 35.5. The molecule has 0 spiro atoms. The van der Waals surface area contributed by atoms with E-state index in [0.29, 0.717) is 6.04 Å². The van der Waals surface area contributed by atoms with E-state index in [1.165, 1.54) is 11.1 Å². The van der Waals surface area contributed by atoms with E-state index >= 15 is 0 Å².